The van der Waals surface area contributed by atoms with Gasteiger partial charge in [-0.15, -0.1) is 0 Å². The van der Waals surface area contributed by atoms with Gasteiger partial charge in [-0.2, -0.15) is 0 Å². The molecule has 0 aromatic heterocycles. The summed E-state index contributed by atoms with van der Waals surface area (Å²) in [5.41, 5.74) is -0.111. The molecule has 1 aromatic carbocycles. The van der Waals surface area contributed by atoms with E-state index in [9.17, 15) is 9.90 Å². The third kappa shape index (κ3) is 3.56. The number of carbonyl (C=O) groups is 1. The maximum Gasteiger partial charge on any atom is 0.335 e. The number of benzene rings is 1. The number of hydrogen-bond donors (Lipinski definition) is 1. The van der Waals surface area contributed by atoms with Gasteiger partial charge in [-0.25, -0.2) is 4.79 Å². The van der Waals surface area contributed by atoms with Gasteiger partial charge in [0.05, 0.1) is 6.10 Å². The number of hydrogen-bond acceptors (Lipinski definition) is 2. The summed E-state index contributed by atoms with van der Waals surface area (Å²) in [6.07, 6.45) is 1.08. The van der Waals surface area contributed by atoms with Gasteiger partial charge in [-0.3, -0.25) is 0 Å². The smallest absolute Gasteiger partial charge is 0.335 e. The second-order valence-corrected chi connectivity index (χ2v) is 4.46. The average molecular weight is 236 g/mol. The van der Waals surface area contributed by atoms with Gasteiger partial charge in [0, 0.05) is 0 Å². The van der Waals surface area contributed by atoms with Crippen molar-refractivity contribution >= 4 is 5.97 Å². The highest BCUT2D eigenvalue weighted by Crippen LogP contribution is 2.27. The summed E-state index contributed by atoms with van der Waals surface area (Å²) in [4.78, 5) is 11.3. The van der Waals surface area contributed by atoms with Crippen LogP contribution in [-0.2, 0) is 9.53 Å². The summed E-state index contributed by atoms with van der Waals surface area (Å²) in [7, 11) is 0. The highest BCUT2D eigenvalue weighted by Gasteiger charge is 2.35. The SMILES string of the molecule is CCCC(C)(OC(C)c1ccccc1)C(=O)O. The molecule has 17 heavy (non-hydrogen) atoms. The number of carboxylic acids is 1. The molecule has 0 aliphatic carbocycles. The molecule has 3 nitrogen and oxygen atoms in total. The van der Waals surface area contributed by atoms with Crippen molar-refractivity contribution in [1.82, 2.24) is 0 Å². The molecule has 0 aliphatic rings. The normalized spacial score (nSPS) is 16.2. The minimum absolute atomic E-state index is 0.219. The fourth-order valence-electron chi connectivity index (χ4n) is 1.88. The lowest BCUT2D eigenvalue weighted by Gasteiger charge is -2.28. The Morgan fingerprint density at radius 1 is 1.41 bits per heavy atom. The molecule has 0 amide bonds. The van der Waals surface area contributed by atoms with E-state index in [0.717, 1.165) is 12.0 Å². The van der Waals surface area contributed by atoms with Gasteiger partial charge in [-0.1, -0.05) is 43.7 Å². The Hall–Kier alpha value is -1.35. The number of rotatable bonds is 6. The fourth-order valence-corrected chi connectivity index (χ4v) is 1.88. The molecule has 0 saturated heterocycles. The molecule has 1 aromatic rings. The van der Waals surface area contributed by atoms with E-state index in [4.69, 9.17) is 4.74 Å². The maximum atomic E-state index is 11.3. The van der Waals surface area contributed by atoms with Crippen LogP contribution in [0, 0.1) is 0 Å². The van der Waals surface area contributed by atoms with Gasteiger partial charge < -0.3 is 9.84 Å². The third-order valence-electron chi connectivity index (χ3n) is 2.89. The van der Waals surface area contributed by atoms with Crippen molar-refractivity contribution in [3.63, 3.8) is 0 Å². The Morgan fingerprint density at radius 3 is 2.47 bits per heavy atom. The second-order valence-electron chi connectivity index (χ2n) is 4.46. The number of aliphatic carboxylic acids is 1. The molecule has 0 bridgehead atoms. The highest BCUT2D eigenvalue weighted by atomic mass is 16.5. The largest absolute Gasteiger partial charge is 0.479 e. The van der Waals surface area contributed by atoms with E-state index < -0.39 is 11.6 Å². The maximum absolute atomic E-state index is 11.3. The molecule has 0 radical (unpaired) electrons. The molecule has 0 spiro atoms. The predicted octanol–water partition coefficient (Wildman–Crippen LogP) is 3.41. The summed E-state index contributed by atoms with van der Waals surface area (Å²) in [6, 6.07) is 9.66. The van der Waals surface area contributed by atoms with Gasteiger partial charge in [0.1, 0.15) is 0 Å². The zero-order valence-electron chi connectivity index (χ0n) is 10.6. The van der Waals surface area contributed by atoms with Gasteiger partial charge in [-0.05, 0) is 25.8 Å². The molecule has 2 unspecified atom stereocenters. The lowest BCUT2D eigenvalue weighted by molar-refractivity contribution is -0.171. The van der Waals surface area contributed by atoms with Crippen LogP contribution in [0.4, 0.5) is 0 Å². The molecule has 1 rings (SSSR count). The average Bonchev–Trinajstić information content (AvgIpc) is 2.30. The molecular weight excluding hydrogens is 216 g/mol. The summed E-state index contributed by atoms with van der Waals surface area (Å²) >= 11 is 0. The molecule has 0 saturated carbocycles. The van der Waals surface area contributed by atoms with Crippen molar-refractivity contribution in [2.45, 2.75) is 45.3 Å². The second kappa shape index (κ2) is 5.82. The first-order valence-corrected chi connectivity index (χ1v) is 5.95. The van der Waals surface area contributed by atoms with Crippen LogP contribution in [0.1, 0.15) is 45.3 Å². The van der Waals surface area contributed by atoms with Crippen LogP contribution < -0.4 is 0 Å². The number of carboxylic acid groups (broad SMARTS) is 1. The lowest BCUT2D eigenvalue weighted by atomic mass is 9.99. The minimum Gasteiger partial charge on any atom is -0.479 e. The first-order chi connectivity index (χ1) is 7.99. The topological polar surface area (TPSA) is 46.5 Å². The van der Waals surface area contributed by atoms with Crippen molar-refractivity contribution in [3.8, 4) is 0 Å². The highest BCUT2D eigenvalue weighted by molar-refractivity contribution is 5.76. The molecule has 1 N–H and O–H groups in total. The van der Waals surface area contributed by atoms with E-state index in [-0.39, 0.29) is 6.10 Å². The van der Waals surface area contributed by atoms with Crippen LogP contribution in [0.15, 0.2) is 30.3 Å². The van der Waals surface area contributed by atoms with Crippen LogP contribution in [0.2, 0.25) is 0 Å². The monoisotopic (exact) mass is 236 g/mol. The van der Waals surface area contributed by atoms with Crippen LogP contribution in [0.5, 0.6) is 0 Å². The fraction of sp³-hybridized carbons (Fsp3) is 0.500. The van der Waals surface area contributed by atoms with E-state index in [2.05, 4.69) is 0 Å². The van der Waals surface area contributed by atoms with Crippen molar-refractivity contribution in [3.05, 3.63) is 35.9 Å². The predicted molar refractivity (Wildman–Crippen MR) is 66.9 cm³/mol. The molecule has 94 valence electrons. The minimum atomic E-state index is -1.11. The number of ether oxygens (including phenoxy) is 1. The molecule has 0 aliphatic heterocycles. The van der Waals surface area contributed by atoms with Crippen molar-refractivity contribution in [2.24, 2.45) is 0 Å². The zero-order chi connectivity index (χ0) is 12.9. The Kier molecular flexibility index (Phi) is 4.70. The molecule has 0 heterocycles. The van der Waals surface area contributed by atoms with Crippen LogP contribution >= 0.6 is 0 Å². The summed E-state index contributed by atoms with van der Waals surface area (Å²) in [5, 5.41) is 9.23. The van der Waals surface area contributed by atoms with E-state index in [1.54, 1.807) is 6.92 Å². The first-order valence-electron chi connectivity index (χ1n) is 5.95. The van der Waals surface area contributed by atoms with E-state index in [1.807, 2.05) is 44.2 Å². The van der Waals surface area contributed by atoms with Crippen LogP contribution in [-0.4, -0.2) is 16.7 Å². The van der Waals surface area contributed by atoms with E-state index in [1.165, 1.54) is 0 Å². The van der Waals surface area contributed by atoms with E-state index >= 15 is 0 Å². The van der Waals surface area contributed by atoms with Crippen molar-refractivity contribution in [2.75, 3.05) is 0 Å². The van der Waals surface area contributed by atoms with Gasteiger partial charge in [0.15, 0.2) is 5.60 Å². The lowest BCUT2D eigenvalue weighted by Crippen LogP contribution is -2.39. The van der Waals surface area contributed by atoms with Gasteiger partial charge in [0.25, 0.3) is 0 Å². The van der Waals surface area contributed by atoms with E-state index in [0.29, 0.717) is 6.42 Å². The van der Waals surface area contributed by atoms with Crippen molar-refractivity contribution in [1.29, 1.82) is 0 Å². The quantitative estimate of drug-likeness (QED) is 0.823. The summed E-state index contributed by atoms with van der Waals surface area (Å²) in [6.45, 7) is 5.47. The molecule has 3 heteroatoms. The molecule has 2 atom stereocenters. The third-order valence-corrected chi connectivity index (χ3v) is 2.89. The zero-order valence-corrected chi connectivity index (χ0v) is 10.6. The molecule has 0 fully saturated rings. The Morgan fingerprint density at radius 2 is 2.00 bits per heavy atom. The summed E-state index contributed by atoms with van der Waals surface area (Å²) < 4.78 is 5.73. The Bertz CT molecular complexity index is 361. The molecular formula is C14H20O3. The standard InChI is InChI=1S/C14H20O3/c1-4-10-14(3,13(15)16)17-11(2)12-8-6-5-7-9-12/h5-9,11H,4,10H2,1-3H3,(H,15,16). The van der Waals surface area contributed by atoms with Crippen LogP contribution in [0.25, 0.3) is 0 Å². The summed E-state index contributed by atoms with van der Waals surface area (Å²) in [5.74, 6) is -0.901. The van der Waals surface area contributed by atoms with Crippen LogP contribution in [0.3, 0.4) is 0 Å². The Labute approximate surface area is 102 Å². The van der Waals surface area contributed by atoms with Crippen molar-refractivity contribution < 1.29 is 14.6 Å². The first kappa shape index (κ1) is 13.7. The Balaban J connectivity index is 2.78. The van der Waals surface area contributed by atoms with Gasteiger partial charge >= 0.3 is 5.97 Å². The van der Waals surface area contributed by atoms with Gasteiger partial charge in [0.2, 0.25) is 0 Å².